The van der Waals surface area contributed by atoms with Crippen LogP contribution in [0.15, 0.2) is 18.3 Å². The van der Waals surface area contributed by atoms with Crippen LogP contribution in [0.3, 0.4) is 0 Å². The zero-order chi connectivity index (χ0) is 13.5. The first-order valence-corrected chi connectivity index (χ1v) is 7.09. The van der Waals surface area contributed by atoms with E-state index in [0.717, 1.165) is 38.0 Å². The summed E-state index contributed by atoms with van der Waals surface area (Å²) >= 11 is 0. The number of morpholine rings is 1. The van der Waals surface area contributed by atoms with Crippen molar-refractivity contribution in [1.82, 2.24) is 15.1 Å². The molecule has 0 amide bonds. The Kier molecular flexibility index (Phi) is 5.54. The van der Waals surface area contributed by atoms with Gasteiger partial charge in [0.15, 0.2) is 0 Å². The van der Waals surface area contributed by atoms with Gasteiger partial charge in [0.2, 0.25) is 0 Å². The van der Waals surface area contributed by atoms with Crippen molar-refractivity contribution < 1.29 is 4.74 Å². The lowest BCUT2D eigenvalue weighted by Crippen LogP contribution is -2.45. The SMILES string of the molecule is CC(C)CCN1CCO[C@H](CNc2cccnn2)C1. The number of hydrogen-bond donors (Lipinski definition) is 1. The molecule has 0 saturated carbocycles. The van der Waals surface area contributed by atoms with Crippen molar-refractivity contribution in [3.05, 3.63) is 18.3 Å². The quantitative estimate of drug-likeness (QED) is 0.846. The molecule has 0 radical (unpaired) electrons. The van der Waals surface area contributed by atoms with E-state index in [1.807, 2.05) is 12.1 Å². The second-order valence-electron chi connectivity index (χ2n) is 5.47. The summed E-state index contributed by atoms with van der Waals surface area (Å²) in [6.45, 7) is 9.37. The third-order valence-electron chi connectivity index (χ3n) is 3.33. The Morgan fingerprint density at radius 3 is 3.16 bits per heavy atom. The zero-order valence-electron chi connectivity index (χ0n) is 11.9. The first-order valence-electron chi connectivity index (χ1n) is 7.09. The Hall–Kier alpha value is -1.20. The van der Waals surface area contributed by atoms with E-state index in [0.29, 0.717) is 0 Å². The van der Waals surface area contributed by atoms with Gasteiger partial charge in [0, 0.05) is 25.8 Å². The Labute approximate surface area is 115 Å². The lowest BCUT2D eigenvalue weighted by molar-refractivity contribution is -0.0222. The fourth-order valence-corrected chi connectivity index (χ4v) is 2.16. The van der Waals surface area contributed by atoms with E-state index >= 15 is 0 Å². The van der Waals surface area contributed by atoms with E-state index in [2.05, 4.69) is 34.3 Å². The van der Waals surface area contributed by atoms with Crippen LogP contribution in [-0.4, -0.2) is 54.0 Å². The van der Waals surface area contributed by atoms with Crippen molar-refractivity contribution in [3.8, 4) is 0 Å². The van der Waals surface area contributed by atoms with Gasteiger partial charge in [-0.15, -0.1) is 5.10 Å². The Balaban J connectivity index is 1.72. The highest BCUT2D eigenvalue weighted by Gasteiger charge is 2.20. The van der Waals surface area contributed by atoms with Crippen LogP contribution in [0.25, 0.3) is 0 Å². The standard InChI is InChI=1S/C14H24N4O/c1-12(2)5-7-18-8-9-19-13(11-18)10-15-14-4-3-6-16-17-14/h3-4,6,12-13H,5,7-11H2,1-2H3,(H,15,17)/t13-/m1/s1. The predicted octanol–water partition coefficient (Wildman–Crippen LogP) is 1.64. The Morgan fingerprint density at radius 2 is 2.42 bits per heavy atom. The molecule has 0 bridgehead atoms. The van der Waals surface area contributed by atoms with Crippen LogP contribution in [-0.2, 0) is 4.74 Å². The maximum absolute atomic E-state index is 5.78. The van der Waals surface area contributed by atoms with Crippen molar-refractivity contribution >= 4 is 5.82 Å². The number of rotatable bonds is 6. The van der Waals surface area contributed by atoms with Gasteiger partial charge >= 0.3 is 0 Å². The molecule has 1 atom stereocenters. The number of anilines is 1. The number of nitrogens with one attached hydrogen (secondary N) is 1. The lowest BCUT2D eigenvalue weighted by Gasteiger charge is -2.33. The van der Waals surface area contributed by atoms with E-state index in [-0.39, 0.29) is 6.10 Å². The molecule has 1 N–H and O–H groups in total. The second kappa shape index (κ2) is 7.40. The van der Waals surface area contributed by atoms with E-state index in [1.165, 1.54) is 13.0 Å². The molecule has 1 aliphatic heterocycles. The number of nitrogens with zero attached hydrogens (tertiary/aromatic N) is 3. The molecule has 0 spiro atoms. The van der Waals surface area contributed by atoms with Gasteiger partial charge < -0.3 is 10.1 Å². The number of ether oxygens (including phenoxy) is 1. The molecule has 2 rings (SSSR count). The normalized spacial score (nSPS) is 20.7. The van der Waals surface area contributed by atoms with Crippen molar-refractivity contribution in [3.63, 3.8) is 0 Å². The highest BCUT2D eigenvalue weighted by atomic mass is 16.5. The molecule has 0 unspecified atom stereocenters. The molecule has 1 fully saturated rings. The maximum Gasteiger partial charge on any atom is 0.148 e. The smallest absolute Gasteiger partial charge is 0.148 e. The summed E-state index contributed by atoms with van der Waals surface area (Å²) in [4.78, 5) is 2.49. The molecule has 1 saturated heterocycles. The molecule has 5 heteroatoms. The van der Waals surface area contributed by atoms with Gasteiger partial charge in [-0.1, -0.05) is 13.8 Å². The first kappa shape index (κ1) is 14.2. The van der Waals surface area contributed by atoms with Gasteiger partial charge in [-0.25, -0.2) is 0 Å². The zero-order valence-corrected chi connectivity index (χ0v) is 11.9. The van der Waals surface area contributed by atoms with Gasteiger partial charge in [0.1, 0.15) is 5.82 Å². The van der Waals surface area contributed by atoms with Crippen LogP contribution in [0.2, 0.25) is 0 Å². The van der Waals surface area contributed by atoms with Crippen LogP contribution in [0.4, 0.5) is 5.82 Å². The van der Waals surface area contributed by atoms with Gasteiger partial charge in [-0.2, -0.15) is 5.10 Å². The fourth-order valence-electron chi connectivity index (χ4n) is 2.16. The minimum Gasteiger partial charge on any atom is -0.374 e. The monoisotopic (exact) mass is 264 g/mol. The van der Waals surface area contributed by atoms with E-state index in [9.17, 15) is 0 Å². The van der Waals surface area contributed by atoms with Crippen LogP contribution in [0, 0.1) is 5.92 Å². The average molecular weight is 264 g/mol. The molecule has 106 valence electrons. The molecular formula is C14H24N4O. The van der Waals surface area contributed by atoms with Crippen molar-refractivity contribution in [2.75, 3.05) is 38.1 Å². The molecule has 0 aliphatic carbocycles. The van der Waals surface area contributed by atoms with Crippen LogP contribution < -0.4 is 5.32 Å². The topological polar surface area (TPSA) is 50.3 Å². The number of hydrogen-bond acceptors (Lipinski definition) is 5. The first-order chi connectivity index (χ1) is 9.24. The van der Waals surface area contributed by atoms with E-state index < -0.39 is 0 Å². The minimum absolute atomic E-state index is 0.239. The lowest BCUT2D eigenvalue weighted by atomic mass is 10.1. The predicted molar refractivity (Wildman–Crippen MR) is 76.2 cm³/mol. The third-order valence-corrected chi connectivity index (χ3v) is 3.33. The fraction of sp³-hybridized carbons (Fsp3) is 0.714. The second-order valence-corrected chi connectivity index (χ2v) is 5.47. The number of aromatic nitrogens is 2. The summed E-state index contributed by atoms with van der Waals surface area (Å²) in [5.41, 5.74) is 0. The summed E-state index contributed by atoms with van der Waals surface area (Å²) < 4.78 is 5.78. The molecule has 5 nitrogen and oxygen atoms in total. The molecule has 1 aromatic rings. The van der Waals surface area contributed by atoms with Crippen LogP contribution in [0.5, 0.6) is 0 Å². The van der Waals surface area contributed by atoms with Gasteiger partial charge in [-0.3, -0.25) is 4.90 Å². The summed E-state index contributed by atoms with van der Waals surface area (Å²) in [7, 11) is 0. The Bertz CT molecular complexity index is 358. The van der Waals surface area contributed by atoms with Crippen molar-refractivity contribution in [2.45, 2.75) is 26.4 Å². The molecule has 19 heavy (non-hydrogen) atoms. The molecule has 1 aliphatic rings. The highest BCUT2D eigenvalue weighted by molar-refractivity contribution is 5.31. The summed E-state index contributed by atoms with van der Waals surface area (Å²) in [5, 5.41) is 11.1. The van der Waals surface area contributed by atoms with Crippen LogP contribution in [0.1, 0.15) is 20.3 Å². The van der Waals surface area contributed by atoms with E-state index in [4.69, 9.17) is 4.74 Å². The van der Waals surface area contributed by atoms with Crippen molar-refractivity contribution in [2.24, 2.45) is 5.92 Å². The summed E-state index contributed by atoms with van der Waals surface area (Å²) in [5.74, 6) is 1.57. The van der Waals surface area contributed by atoms with Gasteiger partial charge in [0.05, 0.1) is 12.7 Å². The van der Waals surface area contributed by atoms with Crippen LogP contribution >= 0.6 is 0 Å². The molecular weight excluding hydrogens is 240 g/mol. The average Bonchev–Trinajstić information content (AvgIpc) is 2.44. The summed E-state index contributed by atoms with van der Waals surface area (Å²) in [6.07, 6.45) is 3.17. The molecule has 0 aromatic carbocycles. The summed E-state index contributed by atoms with van der Waals surface area (Å²) in [6, 6.07) is 3.80. The third kappa shape index (κ3) is 5.12. The Morgan fingerprint density at radius 1 is 1.53 bits per heavy atom. The largest absolute Gasteiger partial charge is 0.374 e. The van der Waals surface area contributed by atoms with Gasteiger partial charge in [0.25, 0.3) is 0 Å². The molecule has 2 heterocycles. The maximum atomic E-state index is 5.78. The minimum atomic E-state index is 0.239. The molecule has 1 aromatic heterocycles. The van der Waals surface area contributed by atoms with E-state index in [1.54, 1.807) is 6.20 Å². The highest BCUT2D eigenvalue weighted by Crippen LogP contribution is 2.09. The van der Waals surface area contributed by atoms with Crippen molar-refractivity contribution in [1.29, 1.82) is 0 Å². The van der Waals surface area contributed by atoms with Gasteiger partial charge in [-0.05, 0) is 31.0 Å².